The summed E-state index contributed by atoms with van der Waals surface area (Å²) in [4.78, 5) is 7.02. The molecule has 1 aromatic carbocycles. The smallest absolute Gasteiger partial charge is 0.240 e. The topological polar surface area (TPSA) is 85.8 Å². The number of hydrogen-bond donors (Lipinski definition) is 3. The van der Waals surface area contributed by atoms with Crippen LogP contribution in [-0.4, -0.2) is 64.6 Å². The lowest BCUT2D eigenvalue weighted by atomic mass is 10.2. The molecule has 0 radical (unpaired) electrons. The van der Waals surface area contributed by atoms with Crippen molar-refractivity contribution in [2.24, 2.45) is 4.99 Å². The van der Waals surface area contributed by atoms with Crippen LogP contribution in [0.1, 0.15) is 32.1 Å². The first-order valence-electron chi connectivity index (χ1n) is 9.94. The van der Waals surface area contributed by atoms with E-state index < -0.39 is 10.0 Å². The minimum atomic E-state index is -3.57. The van der Waals surface area contributed by atoms with Gasteiger partial charge in [0.15, 0.2) is 5.96 Å². The van der Waals surface area contributed by atoms with Crippen LogP contribution in [0, 0.1) is 0 Å². The van der Waals surface area contributed by atoms with Crippen LogP contribution in [0.15, 0.2) is 34.2 Å². The molecule has 164 valence electrons. The van der Waals surface area contributed by atoms with Crippen LogP contribution in [-0.2, 0) is 10.0 Å². The molecular weight excluding hydrogens is 525 g/mol. The summed E-state index contributed by atoms with van der Waals surface area (Å²) in [5.74, 6) is 0.709. The molecule has 29 heavy (non-hydrogen) atoms. The zero-order valence-electron chi connectivity index (χ0n) is 16.7. The van der Waals surface area contributed by atoms with E-state index in [1.165, 1.54) is 37.8 Å². The third kappa shape index (κ3) is 7.23. The number of likely N-dealkylation sites (tertiary alicyclic amines) is 1. The number of sulfonamides is 1. The Kier molecular flexibility index (Phi) is 9.93. The monoisotopic (exact) mass is 555 g/mol. The van der Waals surface area contributed by atoms with Gasteiger partial charge in [0.1, 0.15) is 0 Å². The van der Waals surface area contributed by atoms with Gasteiger partial charge in [0, 0.05) is 50.3 Å². The molecule has 2 fully saturated rings. The zero-order chi connectivity index (χ0) is 20.0. The van der Waals surface area contributed by atoms with Crippen LogP contribution in [0.5, 0.6) is 0 Å². The van der Waals surface area contributed by atoms with Gasteiger partial charge in [-0.3, -0.25) is 9.89 Å². The second kappa shape index (κ2) is 11.7. The molecule has 0 aromatic heterocycles. The molecule has 3 N–H and O–H groups in total. The van der Waals surface area contributed by atoms with Gasteiger partial charge in [-0.1, -0.05) is 30.5 Å². The minimum Gasteiger partial charge on any atom is -0.355 e. The van der Waals surface area contributed by atoms with Crippen LogP contribution in [0.4, 0.5) is 0 Å². The first kappa shape index (κ1) is 24.6. The molecule has 1 atom stereocenters. The number of hydrogen-bond acceptors (Lipinski definition) is 4. The van der Waals surface area contributed by atoms with Crippen LogP contribution in [0.2, 0.25) is 5.02 Å². The van der Waals surface area contributed by atoms with Crippen LogP contribution in [0.3, 0.4) is 0 Å². The summed E-state index contributed by atoms with van der Waals surface area (Å²) < 4.78 is 27.2. The average molecular weight is 556 g/mol. The van der Waals surface area contributed by atoms with Crippen molar-refractivity contribution < 1.29 is 8.42 Å². The minimum absolute atomic E-state index is 0. The average Bonchev–Trinajstić information content (AvgIpc) is 3.36. The first-order chi connectivity index (χ1) is 13.5. The largest absolute Gasteiger partial charge is 0.355 e. The van der Waals surface area contributed by atoms with Crippen molar-refractivity contribution in [2.75, 3.05) is 33.2 Å². The molecule has 1 saturated carbocycles. The van der Waals surface area contributed by atoms with Crippen molar-refractivity contribution in [3.05, 3.63) is 29.3 Å². The van der Waals surface area contributed by atoms with E-state index in [4.69, 9.17) is 11.6 Å². The molecule has 1 aliphatic carbocycles. The highest BCUT2D eigenvalue weighted by atomic mass is 127. The third-order valence-corrected chi connectivity index (χ3v) is 7.13. The van der Waals surface area contributed by atoms with Crippen molar-refractivity contribution in [1.29, 1.82) is 0 Å². The maximum absolute atomic E-state index is 12.3. The Balaban J connectivity index is 0.00000300. The van der Waals surface area contributed by atoms with E-state index in [0.29, 0.717) is 23.6 Å². The predicted molar refractivity (Wildman–Crippen MR) is 129 cm³/mol. The van der Waals surface area contributed by atoms with Crippen molar-refractivity contribution in [1.82, 2.24) is 20.3 Å². The van der Waals surface area contributed by atoms with Crippen molar-refractivity contribution in [2.45, 2.75) is 49.1 Å². The molecule has 2 aliphatic rings. The summed E-state index contributed by atoms with van der Waals surface area (Å²) in [6.45, 7) is 2.89. The highest BCUT2D eigenvalue weighted by Gasteiger charge is 2.30. The quantitative estimate of drug-likeness (QED) is 0.208. The molecule has 0 bridgehead atoms. The van der Waals surface area contributed by atoms with Gasteiger partial charge in [-0.15, -0.1) is 24.0 Å². The van der Waals surface area contributed by atoms with Gasteiger partial charge in [-0.25, -0.2) is 13.1 Å². The van der Waals surface area contributed by atoms with Crippen LogP contribution < -0.4 is 15.4 Å². The number of nitrogens with one attached hydrogen (secondary N) is 3. The van der Waals surface area contributed by atoms with E-state index in [9.17, 15) is 8.42 Å². The number of benzene rings is 1. The Hall–Kier alpha value is -0.620. The molecule has 1 saturated heterocycles. The number of nitrogens with zero attached hydrogens (tertiary/aromatic N) is 2. The fourth-order valence-corrected chi connectivity index (χ4v) is 5.31. The van der Waals surface area contributed by atoms with Crippen molar-refractivity contribution in [3.63, 3.8) is 0 Å². The zero-order valence-corrected chi connectivity index (χ0v) is 20.6. The summed E-state index contributed by atoms with van der Waals surface area (Å²) in [6.07, 6.45) is 6.47. The predicted octanol–water partition coefficient (Wildman–Crippen LogP) is 2.42. The van der Waals surface area contributed by atoms with E-state index in [0.717, 1.165) is 25.6 Å². The Morgan fingerprint density at radius 1 is 1.24 bits per heavy atom. The van der Waals surface area contributed by atoms with E-state index in [1.807, 2.05) is 0 Å². The molecule has 0 amide bonds. The van der Waals surface area contributed by atoms with Crippen molar-refractivity contribution in [3.8, 4) is 0 Å². The van der Waals surface area contributed by atoms with Gasteiger partial charge in [0.05, 0.1) is 4.90 Å². The van der Waals surface area contributed by atoms with Gasteiger partial charge >= 0.3 is 0 Å². The second-order valence-corrected chi connectivity index (χ2v) is 9.62. The molecule has 3 rings (SSSR count). The third-order valence-electron chi connectivity index (χ3n) is 5.44. The fraction of sp³-hybridized carbons (Fsp3) is 0.632. The Bertz CT molecular complexity index is 787. The Morgan fingerprint density at radius 2 is 2.00 bits per heavy atom. The normalized spacial score (nSPS) is 21.2. The second-order valence-electron chi connectivity index (χ2n) is 7.42. The van der Waals surface area contributed by atoms with Gasteiger partial charge in [-0.05, 0) is 37.5 Å². The molecule has 1 heterocycles. The van der Waals surface area contributed by atoms with E-state index in [-0.39, 0.29) is 35.4 Å². The maximum Gasteiger partial charge on any atom is 0.240 e. The van der Waals surface area contributed by atoms with E-state index in [2.05, 4.69) is 25.2 Å². The fourth-order valence-electron chi connectivity index (χ4n) is 3.98. The lowest BCUT2D eigenvalue weighted by Gasteiger charge is -2.24. The highest BCUT2D eigenvalue weighted by Crippen LogP contribution is 2.26. The summed E-state index contributed by atoms with van der Waals surface area (Å²) >= 11 is 5.87. The SMILES string of the molecule is CN=C(NCCNS(=O)(=O)c1cccc(Cl)c1)NC1CCN(C2CCCC2)C1.I. The molecule has 1 aliphatic heterocycles. The number of aliphatic imine (C=N–C) groups is 1. The van der Waals surface area contributed by atoms with Crippen LogP contribution in [0.25, 0.3) is 0 Å². The lowest BCUT2D eigenvalue weighted by molar-refractivity contribution is 0.242. The summed E-state index contributed by atoms with van der Waals surface area (Å²) in [6, 6.07) is 7.37. The number of guanidine groups is 1. The molecule has 10 heteroatoms. The number of halogens is 2. The summed E-state index contributed by atoms with van der Waals surface area (Å²) in [7, 11) is -1.84. The number of rotatable bonds is 7. The lowest BCUT2D eigenvalue weighted by Crippen LogP contribution is -2.47. The standard InChI is InChI=1S/C19H30ClN5O2S.HI/c1-21-19(24-16-9-12-25(14-16)17-6-2-3-7-17)22-10-11-23-28(26,27)18-8-4-5-15(20)13-18;/h4-5,8,13,16-17,23H,2-3,6-7,9-12,14H2,1H3,(H2,21,22,24);1H. The van der Waals surface area contributed by atoms with Gasteiger partial charge in [0.25, 0.3) is 0 Å². The Morgan fingerprint density at radius 3 is 2.69 bits per heavy atom. The molecule has 1 unspecified atom stereocenters. The Labute approximate surface area is 196 Å². The van der Waals surface area contributed by atoms with E-state index >= 15 is 0 Å². The maximum atomic E-state index is 12.3. The summed E-state index contributed by atoms with van der Waals surface area (Å²) in [5.41, 5.74) is 0. The summed E-state index contributed by atoms with van der Waals surface area (Å²) in [5, 5.41) is 7.04. The van der Waals surface area contributed by atoms with Gasteiger partial charge < -0.3 is 10.6 Å². The molecule has 7 nitrogen and oxygen atoms in total. The first-order valence-corrected chi connectivity index (χ1v) is 11.8. The van der Waals surface area contributed by atoms with Crippen molar-refractivity contribution >= 4 is 51.6 Å². The molecular formula is C19H31ClIN5O2S. The van der Waals surface area contributed by atoms with Crippen LogP contribution >= 0.6 is 35.6 Å². The van der Waals surface area contributed by atoms with Gasteiger partial charge in [0.2, 0.25) is 10.0 Å². The van der Waals surface area contributed by atoms with E-state index in [1.54, 1.807) is 19.2 Å². The van der Waals surface area contributed by atoms with Gasteiger partial charge in [-0.2, -0.15) is 0 Å². The molecule has 1 aromatic rings. The highest BCUT2D eigenvalue weighted by molar-refractivity contribution is 14.0. The molecule has 0 spiro atoms.